The van der Waals surface area contributed by atoms with Crippen molar-refractivity contribution in [2.75, 3.05) is 72.6 Å². The molecular weight excluding hydrogens is 609 g/mol. The molecule has 256 valence electrons. The number of hydrogen-bond donors (Lipinski definition) is 3. The van der Waals surface area contributed by atoms with E-state index in [0.29, 0.717) is 33.0 Å². The second kappa shape index (κ2) is 47.1. The van der Waals surface area contributed by atoms with Gasteiger partial charge >= 0.3 is 11.9 Å². The van der Waals surface area contributed by atoms with Gasteiger partial charge in [-0.25, -0.2) is 14.4 Å². The molecule has 0 saturated heterocycles. The number of unbranched alkanes of at least 4 members (excludes halogenated alkanes) is 1. The topological polar surface area (TPSA) is 159 Å². The molecule has 2 unspecified atom stereocenters. The molecule has 0 fully saturated rings. The molecular formula is C29H55Cl2NO11. The highest BCUT2D eigenvalue weighted by molar-refractivity contribution is 6.66. The van der Waals surface area contributed by atoms with Crippen molar-refractivity contribution >= 4 is 40.6 Å². The van der Waals surface area contributed by atoms with Gasteiger partial charge in [0.1, 0.15) is 13.2 Å². The summed E-state index contributed by atoms with van der Waals surface area (Å²) >= 11 is 9.64. The number of allylic oxidation sites excluding steroid dienone is 1. The van der Waals surface area contributed by atoms with Gasteiger partial charge in [-0.15, -0.1) is 0 Å². The zero-order valence-corrected chi connectivity index (χ0v) is 28.0. The van der Waals surface area contributed by atoms with Crippen molar-refractivity contribution in [1.29, 1.82) is 0 Å². The van der Waals surface area contributed by atoms with Gasteiger partial charge in [-0.1, -0.05) is 53.3 Å². The zero-order chi connectivity index (χ0) is 34.2. The van der Waals surface area contributed by atoms with Crippen LogP contribution in [0.4, 0.5) is 0 Å². The number of hydrogen-bond acceptors (Lipinski definition) is 12. The maximum Gasteiger partial charge on any atom is 0.330 e. The number of esters is 2. The maximum atomic E-state index is 10.7. The Morgan fingerprint density at radius 1 is 0.721 bits per heavy atom. The van der Waals surface area contributed by atoms with E-state index in [1.165, 1.54) is 12.8 Å². The van der Waals surface area contributed by atoms with E-state index in [9.17, 15) is 14.4 Å². The van der Waals surface area contributed by atoms with Crippen molar-refractivity contribution in [2.24, 2.45) is 0 Å². The Kier molecular flexibility index (Phi) is 55.5. The molecule has 0 spiro atoms. The number of nitrogens with one attached hydrogen (secondary N) is 1. The van der Waals surface area contributed by atoms with Crippen LogP contribution in [0.5, 0.6) is 0 Å². The highest BCUT2D eigenvalue weighted by atomic mass is 35.5. The summed E-state index contributed by atoms with van der Waals surface area (Å²) in [6.45, 7) is 22.9. The van der Waals surface area contributed by atoms with E-state index in [2.05, 4.69) is 38.4 Å². The standard InChI is InChI=1S/C13H20O6.C7H16O4.C4H10.C3H3ClO.C2H6ClN/c1-4-12(14)18-7-6-16-10-11(3)17-8-9-19-13(15)5-2;1-7(11-5-3-9)6-10-4-2-8;1-3-4-2;1-2-3(4)5;1-2-4-3/h4-5,11H,1-2,6-10H2,3H3;7-9H,2-6H2,1H3;3-4H2,1-2H3;2H,1H2;4H,2H2,1H3. The van der Waals surface area contributed by atoms with Gasteiger partial charge in [-0.2, -0.15) is 0 Å². The van der Waals surface area contributed by atoms with Crippen molar-refractivity contribution in [3.63, 3.8) is 0 Å². The second-order valence-corrected chi connectivity index (χ2v) is 8.34. The smallest absolute Gasteiger partial charge is 0.330 e. The SMILES string of the molecule is C=CC(=O)Cl.C=CC(=O)OCCOCC(C)OCCOC(=O)C=C.CC(COCCO)OCCO.CCCC.CCNCl. The van der Waals surface area contributed by atoms with Crippen molar-refractivity contribution in [3.05, 3.63) is 38.0 Å². The van der Waals surface area contributed by atoms with Crippen LogP contribution in [-0.2, 0) is 42.8 Å². The second-order valence-electron chi connectivity index (χ2n) is 7.70. The lowest BCUT2D eigenvalue weighted by atomic mass is 10.4. The van der Waals surface area contributed by atoms with Crippen LogP contribution in [0.1, 0.15) is 47.5 Å². The number of aliphatic hydroxyl groups is 2. The van der Waals surface area contributed by atoms with Gasteiger partial charge in [-0.05, 0) is 43.3 Å². The normalized spacial score (nSPS) is 10.6. The van der Waals surface area contributed by atoms with Crippen LogP contribution in [0, 0.1) is 0 Å². The minimum atomic E-state index is -0.509. The van der Waals surface area contributed by atoms with Crippen molar-refractivity contribution < 1.29 is 53.0 Å². The van der Waals surface area contributed by atoms with Gasteiger partial charge in [0.25, 0.3) is 0 Å². The fourth-order valence-electron chi connectivity index (χ4n) is 1.62. The van der Waals surface area contributed by atoms with Crippen molar-refractivity contribution in [1.82, 2.24) is 4.84 Å². The number of rotatable bonds is 21. The Labute approximate surface area is 268 Å². The predicted octanol–water partition coefficient (Wildman–Crippen LogP) is 3.75. The first-order valence-electron chi connectivity index (χ1n) is 13.8. The molecule has 0 saturated carbocycles. The Morgan fingerprint density at radius 3 is 1.42 bits per heavy atom. The van der Waals surface area contributed by atoms with Crippen LogP contribution < -0.4 is 4.84 Å². The Hall–Kier alpha value is -1.87. The first-order valence-corrected chi connectivity index (χ1v) is 14.6. The molecule has 0 bridgehead atoms. The monoisotopic (exact) mass is 663 g/mol. The van der Waals surface area contributed by atoms with Gasteiger partial charge in [0.05, 0.1) is 65.1 Å². The van der Waals surface area contributed by atoms with Gasteiger partial charge in [0.2, 0.25) is 5.24 Å². The third kappa shape index (κ3) is 64.3. The number of halogens is 2. The molecule has 0 aliphatic rings. The number of ether oxygens (including phenoxy) is 6. The average Bonchev–Trinajstić information content (AvgIpc) is 3.02. The Bertz CT molecular complexity index is 634. The summed E-state index contributed by atoms with van der Waals surface area (Å²) in [6.07, 6.45) is 5.71. The summed E-state index contributed by atoms with van der Waals surface area (Å²) in [4.78, 5) is 33.3. The molecule has 14 heteroatoms. The van der Waals surface area contributed by atoms with Crippen LogP contribution >= 0.6 is 23.4 Å². The summed E-state index contributed by atoms with van der Waals surface area (Å²) in [7, 11) is 0. The lowest BCUT2D eigenvalue weighted by molar-refractivity contribution is -0.142. The summed E-state index contributed by atoms with van der Waals surface area (Å²) in [5, 5.41) is 16.2. The number of carbonyl (C=O) groups is 3. The van der Waals surface area contributed by atoms with E-state index >= 15 is 0 Å². The van der Waals surface area contributed by atoms with E-state index in [0.717, 1.165) is 24.8 Å². The molecule has 0 aromatic carbocycles. The molecule has 0 radical (unpaired) electrons. The van der Waals surface area contributed by atoms with E-state index in [1.54, 1.807) is 0 Å². The van der Waals surface area contributed by atoms with Crippen LogP contribution in [-0.4, -0.2) is 112 Å². The maximum absolute atomic E-state index is 10.7. The first-order chi connectivity index (χ1) is 20.5. The molecule has 0 aromatic rings. The van der Waals surface area contributed by atoms with Crippen LogP contribution in [0.3, 0.4) is 0 Å². The third-order valence-electron chi connectivity index (χ3n) is 3.76. The van der Waals surface area contributed by atoms with Crippen molar-refractivity contribution in [2.45, 2.75) is 59.7 Å². The lowest BCUT2D eigenvalue weighted by Crippen LogP contribution is -2.21. The van der Waals surface area contributed by atoms with E-state index in [4.69, 9.17) is 62.0 Å². The summed E-state index contributed by atoms with van der Waals surface area (Å²) in [6, 6.07) is 0. The predicted molar refractivity (Wildman–Crippen MR) is 170 cm³/mol. The van der Waals surface area contributed by atoms with E-state index < -0.39 is 17.2 Å². The molecule has 12 nitrogen and oxygen atoms in total. The zero-order valence-electron chi connectivity index (χ0n) is 26.5. The number of aliphatic hydroxyl groups excluding tert-OH is 2. The minimum Gasteiger partial charge on any atom is -0.460 e. The molecule has 0 aliphatic carbocycles. The average molecular weight is 665 g/mol. The highest BCUT2D eigenvalue weighted by Gasteiger charge is 2.04. The fraction of sp³-hybridized carbons (Fsp3) is 0.690. The van der Waals surface area contributed by atoms with Gasteiger partial charge in [0, 0.05) is 18.7 Å². The quantitative estimate of drug-likeness (QED) is 0.0537. The Balaban J connectivity index is -0.000000167. The molecule has 0 amide bonds. The first kappa shape index (κ1) is 50.7. The molecule has 0 aromatic heterocycles. The Morgan fingerprint density at radius 2 is 1.09 bits per heavy atom. The highest BCUT2D eigenvalue weighted by Crippen LogP contribution is 1.93. The van der Waals surface area contributed by atoms with Crippen LogP contribution in [0.15, 0.2) is 38.0 Å². The summed E-state index contributed by atoms with van der Waals surface area (Å²) in [5.74, 6) is -0.950. The molecule has 0 aliphatic heterocycles. The lowest BCUT2D eigenvalue weighted by Gasteiger charge is -2.13. The summed E-state index contributed by atoms with van der Waals surface area (Å²) in [5.41, 5.74) is 0. The molecule has 0 rings (SSSR count). The molecule has 0 heterocycles. The van der Waals surface area contributed by atoms with Crippen LogP contribution in [0.2, 0.25) is 0 Å². The fourth-order valence-corrected chi connectivity index (χ4v) is 1.62. The number of carbonyl (C=O) groups excluding carboxylic acids is 3. The summed E-state index contributed by atoms with van der Waals surface area (Å²) < 4.78 is 30.1. The van der Waals surface area contributed by atoms with Gasteiger partial charge in [0.15, 0.2) is 0 Å². The molecule has 43 heavy (non-hydrogen) atoms. The minimum absolute atomic E-state index is 0.0197. The van der Waals surface area contributed by atoms with E-state index in [-0.39, 0.29) is 45.2 Å². The van der Waals surface area contributed by atoms with Gasteiger partial charge < -0.3 is 38.6 Å². The molecule has 3 N–H and O–H groups in total. The largest absolute Gasteiger partial charge is 0.460 e. The van der Waals surface area contributed by atoms with E-state index in [1.807, 2.05) is 20.8 Å². The third-order valence-corrected chi connectivity index (χ3v) is 4.19. The van der Waals surface area contributed by atoms with Gasteiger partial charge in [-0.3, -0.25) is 4.79 Å². The van der Waals surface area contributed by atoms with Crippen LogP contribution in [0.25, 0.3) is 0 Å². The van der Waals surface area contributed by atoms with Crippen molar-refractivity contribution in [3.8, 4) is 0 Å². The molecule has 2 atom stereocenters.